The predicted molar refractivity (Wildman–Crippen MR) is 61.9 cm³/mol. The smallest absolute Gasteiger partial charge is 0.0641 e. The summed E-state index contributed by atoms with van der Waals surface area (Å²) in [7, 11) is 0. The largest absolute Gasteiger partial charge is 0.399 e. The summed E-state index contributed by atoms with van der Waals surface area (Å²) in [4.78, 5) is 2.33. The van der Waals surface area contributed by atoms with Crippen LogP contribution in [0.15, 0.2) is 18.2 Å². The fourth-order valence-corrected chi connectivity index (χ4v) is 2.27. The molecular weight excluding hydrogens is 196 g/mol. The zero-order chi connectivity index (χ0) is 10.1. The number of hydrogen-bond acceptors (Lipinski definition) is 2. The van der Waals surface area contributed by atoms with Gasteiger partial charge in [0, 0.05) is 18.3 Å². The summed E-state index contributed by atoms with van der Waals surface area (Å²) in [6.45, 7) is 3.32. The summed E-state index contributed by atoms with van der Waals surface area (Å²) < 4.78 is 0. The van der Waals surface area contributed by atoms with Crippen molar-refractivity contribution in [3.05, 3.63) is 23.2 Å². The predicted octanol–water partition coefficient (Wildman–Crippen LogP) is 2.91. The Bertz CT molecular complexity index is 338. The fraction of sp³-hybridized carbons (Fsp3) is 0.455. The zero-order valence-electron chi connectivity index (χ0n) is 8.33. The molecule has 0 aromatic heterocycles. The van der Waals surface area contributed by atoms with Crippen LogP contribution in [-0.2, 0) is 0 Å². The van der Waals surface area contributed by atoms with Crippen molar-refractivity contribution in [2.45, 2.75) is 25.8 Å². The lowest BCUT2D eigenvalue weighted by Gasteiger charge is -2.25. The molecule has 1 heterocycles. The first-order valence-electron chi connectivity index (χ1n) is 5.00. The van der Waals surface area contributed by atoms with Gasteiger partial charge in [0.15, 0.2) is 0 Å². The van der Waals surface area contributed by atoms with Gasteiger partial charge in [-0.05, 0) is 38.0 Å². The molecule has 0 radical (unpaired) electrons. The van der Waals surface area contributed by atoms with E-state index >= 15 is 0 Å². The highest BCUT2D eigenvalue weighted by Crippen LogP contribution is 2.33. The van der Waals surface area contributed by atoms with Gasteiger partial charge in [-0.1, -0.05) is 11.6 Å². The number of hydrogen-bond donors (Lipinski definition) is 1. The molecule has 0 spiro atoms. The molecule has 1 fully saturated rings. The van der Waals surface area contributed by atoms with E-state index < -0.39 is 0 Å². The van der Waals surface area contributed by atoms with Crippen molar-refractivity contribution in [1.29, 1.82) is 0 Å². The highest BCUT2D eigenvalue weighted by molar-refractivity contribution is 6.33. The van der Waals surface area contributed by atoms with Gasteiger partial charge in [-0.2, -0.15) is 0 Å². The number of nitrogen functional groups attached to an aromatic ring is 1. The van der Waals surface area contributed by atoms with Crippen molar-refractivity contribution in [2.75, 3.05) is 17.2 Å². The standard InChI is InChI=1S/C11H15ClN2/c1-8-3-2-6-14(8)11-7-9(13)4-5-10(11)12/h4-5,7-8H,2-3,6,13H2,1H3. The molecule has 2 N–H and O–H groups in total. The van der Waals surface area contributed by atoms with Gasteiger partial charge in [-0.3, -0.25) is 0 Å². The Morgan fingerprint density at radius 2 is 2.29 bits per heavy atom. The zero-order valence-corrected chi connectivity index (χ0v) is 9.09. The van der Waals surface area contributed by atoms with E-state index in [9.17, 15) is 0 Å². The maximum absolute atomic E-state index is 6.14. The van der Waals surface area contributed by atoms with E-state index in [4.69, 9.17) is 17.3 Å². The van der Waals surface area contributed by atoms with Crippen LogP contribution in [-0.4, -0.2) is 12.6 Å². The third-order valence-corrected chi connectivity index (χ3v) is 3.15. The SMILES string of the molecule is CC1CCCN1c1cc(N)ccc1Cl. The quantitative estimate of drug-likeness (QED) is 0.723. The second kappa shape index (κ2) is 3.70. The van der Waals surface area contributed by atoms with Gasteiger partial charge in [0.1, 0.15) is 0 Å². The van der Waals surface area contributed by atoms with E-state index in [1.54, 1.807) is 0 Å². The van der Waals surface area contributed by atoms with Crippen LogP contribution < -0.4 is 10.6 Å². The van der Waals surface area contributed by atoms with Gasteiger partial charge in [-0.15, -0.1) is 0 Å². The minimum absolute atomic E-state index is 0.578. The molecule has 0 amide bonds. The van der Waals surface area contributed by atoms with Crippen LogP contribution in [0.25, 0.3) is 0 Å². The molecule has 1 aromatic rings. The summed E-state index contributed by atoms with van der Waals surface area (Å²) >= 11 is 6.14. The Kier molecular flexibility index (Phi) is 2.55. The normalized spacial score (nSPS) is 21.6. The molecule has 14 heavy (non-hydrogen) atoms. The topological polar surface area (TPSA) is 29.3 Å². The van der Waals surface area contributed by atoms with Crippen molar-refractivity contribution in [3.63, 3.8) is 0 Å². The van der Waals surface area contributed by atoms with Crippen LogP contribution in [0.5, 0.6) is 0 Å². The Balaban J connectivity index is 2.34. The maximum Gasteiger partial charge on any atom is 0.0641 e. The van der Waals surface area contributed by atoms with Crippen LogP contribution in [0.4, 0.5) is 11.4 Å². The third-order valence-electron chi connectivity index (χ3n) is 2.83. The van der Waals surface area contributed by atoms with Gasteiger partial charge in [0.2, 0.25) is 0 Å². The van der Waals surface area contributed by atoms with Crippen LogP contribution in [0.2, 0.25) is 5.02 Å². The van der Waals surface area contributed by atoms with E-state index in [0.29, 0.717) is 6.04 Å². The molecule has 76 valence electrons. The third kappa shape index (κ3) is 1.67. The Hall–Kier alpha value is -0.890. The van der Waals surface area contributed by atoms with Crippen LogP contribution in [0.3, 0.4) is 0 Å². The summed E-state index contributed by atoms with van der Waals surface area (Å²) in [6.07, 6.45) is 2.48. The van der Waals surface area contributed by atoms with Crippen molar-refractivity contribution < 1.29 is 0 Å². The molecule has 0 aliphatic carbocycles. The van der Waals surface area contributed by atoms with Gasteiger partial charge in [-0.25, -0.2) is 0 Å². The van der Waals surface area contributed by atoms with E-state index in [0.717, 1.165) is 22.9 Å². The second-order valence-electron chi connectivity index (χ2n) is 3.90. The highest BCUT2D eigenvalue weighted by Gasteiger charge is 2.22. The number of rotatable bonds is 1. The molecular formula is C11H15ClN2. The molecule has 2 rings (SSSR count). The molecule has 0 bridgehead atoms. The first-order chi connectivity index (χ1) is 6.68. The van der Waals surface area contributed by atoms with E-state index in [2.05, 4.69) is 11.8 Å². The Morgan fingerprint density at radius 1 is 1.50 bits per heavy atom. The van der Waals surface area contributed by atoms with Gasteiger partial charge >= 0.3 is 0 Å². The average Bonchev–Trinajstić information content (AvgIpc) is 2.56. The summed E-state index contributed by atoms with van der Waals surface area (Å²) in [5.41, 5.74) is 7.62. The minimum Gasteiger partial charge on any atom is -0.399 e. The van der Waals surface area contributed by atoms with E-state index in [-0.39, 0.29) is 0 Å². The molecule has 2 nitrogen and oxygen atoms in total. The van der Waals surface area contributed by atoms with Gasteiger partial charge in [0.05, 0.1) is 10.7 Å². The Labute approximate surface area is 89.7 Å². The average molecular weight is 211 g/mol. The highest BCUT2D eigenvalue weighted by atomic mass is 35.5. The summed E-state index contributed by atoms with van der Waals surface area (Å²) in [5.74, 6) is 0. The van der Waals surface area contributed by atoms with Crippen molar-refractivity contribution in [1.82, 2.24) is 0 Å². The number of anilines is 2. The molecule has 1 unspecified atom stereocenters. The molecule has 1 atom stereocenters. The number of halogens is 1. The molecule has 1 saturated heterocycles. The van der Waals surface area contributed by atoms with Crippen LogP contribution >= 0.6 is 11.6 Å². The van der Waals surface area contributed by atoms with Crippen molar-refractivity contribution in [3.8, 4) is 0 Å². The first-order valence-corrected chi connectivity index (χ1v) is 5.38. The number of benzene rings is 1. The van der Waals surface area contributed by atoms with Crippen LogP contribution in [0.1, 0.15) is 19.8 Å². The molecule has 1 aromatic carbocycles. The summed E-state index contributed by atoms with van der Waals surface area (Å²) in [6, 6.07) is 6.25. The van der Waals surface area contributed by atoms with Crippen molar-refractivity contribution >= 4 is 23.0 Å². The molecule has 1 aliphatic rings. The van der Waals surface area contributed by atoms with Gasteiger partial charge < -0.3 is 10.6 Å². The van der Waals surface area contributed by atoms with E-state index in [1.165, 1.54) is 12.8 Å². The van der Waals surface area contributed by atoms with E-state index in [1.807, 2.05) is 18.2 Å². The number of nitrogens with two attached hydrogens (primary N) is 1. The lowest BCUT2D eigenvalue weighted by atomic mass is 10.2. The summed E-state index contributed by atoms with van der Waals surface area (Å²) in [5, 5.41) is 0.799. The molecule has 1 aliphatic heterocycles. The lowest BCUT2D eigenvalue weighted by molar-refractivity contribution is 0.735. The van der Waals surface area contributed by atoms with Crippen LogP contribution in [0, 0.1) is 0 Å². The maximum atomic E-state index is 6.14. The van der Waals surface area contributed by atoms with Gasteiger partial charge in [0.25, 0.3) is 0 Å². The number of nitrogens with zero attached hydrogens (tertiary/aromatic N) is 1. The minimum atomic E-state index is 0.578. The first kappa shape index (κ1) is 9.66. The Morgan fingerprint density at radius 3 is 2.93 bits per heavy atom. The monoisotopic (exact) mass is 210 g/mol. The van der Waals surface area contributed by atoms with Crippen molar-refractivity contribution in [2.24, 2.45) is 0 Å². The lowest BCUT2D eigenvalue weighted by Crippen LogP contribution is -2.26. The fourth-order valence-electron chi connectivity index (χ4n) is 2.04. The molecule has 0 saturated carbocycles. The molecule has 3 heteroatoms. The second-order valence-corrected chi connectivity index (χ2v) is 4.30.